The normalized spacial score (nSPS) is 10.7. The number of rotatable bonds is 9. The zero-order valence-corrected chi connectivity index (χ0v) is 17.5. The summed E-state index contributed by atoms with van der Waals surface area (Å²) >= 11 is 1.63. The van der Waals surface area contributed by atoms with E-state index in [2.05, 4.69) is 31.9 Å². The van der Waals surface area contributed by atoms with Crippen LogP contribution >= 0.6 is 11.8 Å². The summed E-state index contributed by atoms with van der Waals surface area (Å²) in [4.78, 5) is 4.10. The van der Waals surface area contributed by atoms with Gasteiger partial charge in [-0.15, -0.1) is 10.2 Å². The van der Waals surface area contributed by atoms with Crippen molar-refractivity contribution in [3.63, 3.8) is 0 Å². The molecule has 0 aliphatic carbocycles. The molecule has 2 aromatic heterocycles. The molecule has 4 rings (SSSR count). The quantitative estimate of drug-likeness (QED) is 0.293. The fourth-order valence-corrected chi connectivity index (χ4v) is 3.74. The highest BCUT2D eigenvalue weighted by atomic mass is 32.2. The maximum atomic E-state index is 5.83. The van der Waals surface area contributed by atoms with E-state index in [4.69, 9.17) is 9.47 Å². The second-order valence-electron chi connectivity index (χ2n) is 6.49. The third-order valence-electron chi connectivity index (χ3n) is 4.48. The van der Waals surface area contributed by atoms with E-state index in [-0.39, 0.29) is 0 Å². The highest BCUT2D eigenvalue weighted by molar-refractivity contribution is 7.99. The molecule has 0 radical (unpaired) electrons. The van der Waals surface area contributed by atoms with Crippen molar-refractivity contribution in [2.75, 3.05) is 19.5 Å². The van der Waals surface area contributed by atoms with Gasteiger partial charge in [0.05, 0.1) is 20.3 Å². The summed E-state index contributed by atoms with van der Waals surface area (Å²) in [7, 11) is 1.65. The molecule has 4 aromatic rings. The van der Waals surface area contributed by atoms with E-state index in [0.717, 1.165) is 33.8 Å². The molecular formula is C23H22N4O2S. The molecule has 0 N–H and O–H groups in total. The number of thioether (sulfide) groups is 1. The van der Waals surface area contributed by atoms with Crippen LogP contribution < -0.4 is 9.47 Å². The SMILES string of the molecule is COc1ccc(OCCSc2nnc(-c3ccncc3)n2Cc2ccccc2)cc1. The van der Waals surface area contributed by atoms with Crippen LogP contribution in [0.5, 0.6) is 11.5 Å². The van der Waals surface area contributed by atoms with Gasteiger partial charge >= 0.3 is 0 Å². The molecule has 0 saturated carbocycles. The van der Waals surface area contributed by atoms with Gasteiger partial charge in [-0.05, 0) is 42.0 Å². The number of benzene rings is 2. The molecule has 7 heteroatoms. The fraction of sp³-hybridized carbons (Fsp3) is 0.174. The molecule has 0 fully saturated rings. The van der Waals surface area contributed by atoms with Gasteiger partial charge in [0.2, 0.25) is 0 Å². The maximum absolute atomic E-state index is 5.83. The molecular weight excluding hydrogens is 396 g/mol. The van der Waals surface area contributed by atoms with E-state index in [1.807, 2.05) is 54.6 Å². The minimum Gasteiger partial charge on any atom is -0.497 e. The molecule has 0 spiro atoms. The van der Waals surface area contributed by atoms with E-state index < -0.39 is 0 Å². The fourth-order valence-electron chi connectivity index (χ4n) is 2.98. The van der Waals surface area contributed by atoms with Gasteiger partial charge in [0.15, 0.2) is 11.0 Å². The summed E-state index contributed by atoms with van der Waals surface area (Å²) in [6.07, 6.45) is 3.54. The molecule has 0 atom stereocenters. The third-order valence-corrected chi connectivity index (χ3v) is 5.41. The smallest absolute Gasteiger partial charge is 0.191 e. The summed E-state index contributed by atoms with van der Waals surface area (Å²) < 4.78 is 13.1. The van der Waals surface area contributed by atoms with Gasteiger partial charge in [-0.3, -0.25) is 9.55 Å². The van der Waals surface area contributed by atoms with Crippen molar-refractivity contribution in [2.24, 2.45) is 0 Å². The van der Waals surface area contributed by atoms with Crippen molar-refractivity contribution in [1.29, 1.82) is 0 Å². The number of pyridine rings is 1. The number of aromatic nitrogens is 4. The standard InChI is InChI=1S/C23H22N4O2S/c1-28-20-7-9-21(10-8-20)29-15-16-30-23-26-25-22(19-11-13-24-14-12-19)27(23)17-18-5-3-2-4-6-18/h2-14H,15-17H2,1H3. The first-order valence-electron chi connectivity index (χ1n) is 9.60. The minimum absolute atomic E-state index is 0.569. The summed E-state index contributed by atoms with van der Waals surface area (Å²) in [5.74, 6) is 3.23. The molecule has 0 bridgehead atoms. The van der Waals surface area contributed by atoms with Gasteiger partial charge in [-0.2, -0.15) is 0 Å². The van der Waals surface area contributed by atoms with E-state index in [9.17, 15) is 0 Å². The highest BCUT2D eigenvalue weighted by Gasteiger charge is 2.15. The van der Waals surface area contributed by atoms with Crippen LogP contribution in [-0.2, 0) is 6.54 Å². The van der Waals surface area contributed by atoms with Gasteiger partial charge in [0.25, 0.3) is 0 Å². The zero-order chi connectivity index (χ0) is 20.6. The monoisotopic (exact) mass is 418 g/mol. The summed E-state index contributed by atoms with van der Waals surface area (Å²) in [6, 6.07) is 21.8. The predicted molar refractivity (Wildman–Crippen MR) is 118 cm³/mol. The molecule has 152 valence electrons. The summed E-state index contributed by atoms with van der Waals surface area (Å²) in [5.41, 5.74) is 2.19. The molecule has 30 heavy (non-hydrogen) atoms. The van der Waals surface area contributed by atoms with Crippen LogP contribution in [0.4, 0.5) is 0 Å². The maximum Gasteiger partial charge on any atom is 0.191 e. The Kier molecular flexibility index (Phi) is 6.61. The lowest BCUT2D eigenvalue weighted by Crippen LogP contribution is -2.06. The Morgan fingerprint density at radius 2 is 1.60 bits per heavy atom. The number of hydrogen-bond acceptors (Lipinski definition) is 6. The van der Waals surface area contributed by atoms with Crippen LogP contribution in [0.15, 0.2) is 84.3 Å². The molecule has 2 heterocycles. The van der Waals surface area contributed by atoms with Gasteiger partial charge in [-0.25, -0.2) is 0 Å². The van der Waals surface area contributed by atoms with Crippen LogP contribution in [0.1, 0.15) is 5.56 Å². The zero-order valence-electron chi connectivity index (χ0n) is 16.6. The largest absolute Gasteiger partial charge is 0.497 e. The van der Waals surface area contributed by atoms with Crippen LogP contribution in [0, 0.1) is 0 Å². The average molecular weight is 419 g/mol. The molecule has 2 aromatic carbocycles. The highest BCUT2D eigenvalue weighted by Crippen LogP contribution is 2.25. The Morgan fingerprint density at radius 3 is 2.33 bits per heavy atom. The predicted octanol–water partition coefficient (Wildman–Crippen LogP) is 4.57. The van der Waals surface area contributed by atoms with Gasteiger partial charge < -0.3 is 9.47 Å². The summed E-state index contributed by atoms with van der Waals surface area (Å²) in [5, 5.41) is 9.75. The van der Waals surface area contributed by atoms with Gasteiger partial charge in [-0.1, -0.05) is 42.1 Å². The minimum atomic E-state index is 0.569. The summed E-state index contributed by atoms with van der Waals surface area (Å²) in [6.45, 7) is 1.27. The molecule has 0 amide bonds. The number of methoxy groups -OCH3 is 1. The van der Waals surface area contributed by atoms with E-state index in [1.54, 1.807) is 31.3 Å². The van der Waals surface area contributed by atoms with Crippen molar-refractivity contribution in [1.82, 2.24) is 19.7 Å². The Bertz CT molecular complexity index is 1050. The van der Waals surface area contributed by atoms with Crippen molar-refractivity contribution in [3.05, 3.63) is 84.7 Å². The van der Waals surface area contributed by atoms with E-state index >= 15 is 0 Å². The van der Waals surface area contributed by atoms with Crippen LogP contribution in [0.2, 0.25) is 0 Å². The first kappa shape index (κ1) is 20.0. The molecule has 0 saturated heterocycles. The Balaban J connectivity index is 1.46. The number of hydrogen-bond donors (Lipinski definition) is 0. The van der Waals surface area contributed by atoms with Crippen LogP contribution in [0.3, 0.4) is 0 Å². The molecule has 0 aliphatic rings. The number of ether oxygens (including phenoxy) is 2. The third kappa shape index (κ3) is 4.99. The van der Waals surface area contributed by atoms with Gasteiger partial charge in [0.1, 0.15) is 11.5 Å². The first-order chi connectivity index (χ1) is 14.8. The second kappa shape index (κ2) is 9.93. The first-order valence-corrected chi connectivity index (χ1v) is 10.6. The van der Waals surface area contributed by atoms with Crippen molar-refractivity contribution >= 4 is 11.8 Å². The lowest BCUT2D eigenvalue weighted by molar-refractivity contribution is 0.342. The Labute approximate surface area is 179 Å². The van der Waals surface area contributed by atoms with Gasteiger partial charge in [0, 0.05) is 23.7 Å². The average Bonchev–Trinajstić information content (AvgIpc) is 3.20. The molecule has 0 unspecified atom stereocenters. The lowest BCUT2D eigenvalue weighted by atomic mass is 10.2. The Hall–Kier alpha value is -3.32. The number of nitrogens with zero attached hydrogens (tertiary/aromatic N) is 4. The molecule has 6 nitrogen and oxygen atoms in total. The van der Waals surface area contributed by atoms with Crippen molar-refractivity contribution in [2.45, 2.75) is 11.7 Å². The Morgan fingerprint density at radius 1 is 0.867 bits per heavy atom. The topological polar surface area (TPSA) is 62.1 Å². The molecule has 0 aliphatic heterocycles. The second-order valence-corrected chi connectivity index (χ2v) is 7.55. The van der Waals surface area contributed by atoms with Crippen molar-refractivity contribution < 1.29 is 9.47 Å². The van der Waals surface area contributed by atoms with E-state index in [1.165, 1.54) is 5.56 Å². The van der Waals surface area contributed by atoms with Crippen LogP contribution in [-0.4, -0.2) is 39.2 Å². The van der Waals surface area contributed by atoms with Crippen molar-refractivity contribution in [3.8, 4) is 22.9 Å². The lowest BCUT2D eigenvalue weighted by Gasteiger charge is -2.11. The van der Waals surface area contributed by atoms with E-state index in [0.29, 0.717) is 13.2 Å². The van der Waals surface area contributed by atoms with Crippen LogP contribution in [0.25, 0.3) is 11.4 Å².